The van der Waals surface area contributed by atoms with Crippen LogP contribution in [0.3, 0.4) is 0 Å². The van der Waals surface area contributed by atoms with Crippen molar-refractivity contribution >= 4 is 0 Å². The molecular formula is C13H22N2. The molecule has 1 aliphatic rings. The van der Waals surface area contributed by atoms with Crippen molar-refractivity contribution in [2.75, 3.05) is 6.54 Å². The minimum Gasteiger partial charge on any atom is -0.352 e. The number of rotatable bonds is 4. The summed E-state index contributed by atoms with van der Waals surface area (Å²) in [6.45, 7) is 6.80. The Morgan fingerprint density at radius 3 is 2.93 bits per heavy atom. The third-order valence-electron chi connectivity index (χ3n) is 3.79. The van der Waals surface area contributed by atoms with Crippen LogP contribution in [0.25, 0.3) is 0 Å². The predicted molar refractivity (Wildman–Crippen MR) is 64.1 cm³/mol. The summed E-state index contributed by atoms with van der Waals surface area (Å²) in [5, 5.41) is 3.70. The van der Waals surface area contributed by atoms with E-state index in [0.717, 1.165) is 6.54 Å². The van der Waals surface area contributed by atoms with E-state index in [0.29, 0.717) is 5.54 Å². The van der Waals surface area contributed by atoms with Crippen LogP contribution >= 0.6 is 0 Å². The molecule has 84 valence electrons. The summed E-state index contributed by atoms with van der Waals surface area (Å²) in [5.41, 5.74) is 1.86. The van der Waals surface area contributed by atoms with Crippen molar-refractivity contribution in [3.8, 4) is 0 Å². The van der Waals surface area contributed by atoms with Crippen LogP contribution in [0.15, 0.2) is 18.3 Å². The molecule has 0 amide bonds. The van der Waals surface area contributed by atoms with Gasteiger partial charge in [-0.15, -0.1) is 0 Å². The zero-order valence-electron chi connectivity index (χ0n) is 9.92. The van der Waals surface area contributed by atoms with Gasteiger partial charge in [-0.1, -0.05) is 6.92 Å². The van der Waals surface area contributed by atoms with Crippen LogP contribution in [0.5, 0.6) is 0 Å². The minimum absolute atomic E-state index is 0.380. The standard InChI is InChI=1S/C13H22N2/c1-3-13(8-6-9-14-13)11-12-7-5-10-15(12)4-2/h5,7,10,14H,3-4,6,8-9,11H2,1-2H3. The summed E-state index contributed by atoms with van der Waals surface area (Å²) in [7, 11) is 0. The third kappa shape index (κ3) is 2.10. The van der Waals surface area contributed by atoms with E-state index in [1.807, 2.05) is 0 Å². The average molecular weight is 206 g/mol. The molecule has 1 aromatic heterocycles. The molecule has 2 heteroatoms. The molecule has 0 aromatic carbocycles. The van der Waals surface area contributed by atoms with Crippen LogP contribution in [-0.2, 0) is 13.0 Å². The highest BCUT2D eigenvalue weighted by atomic mass is 15.0. The lowest BCUT2D eigenvalue weighted by atomic mass is 9.89. The van der Waals surface area contributed by atoms with Gasteiger partial charge < -0.3 is 9.88 Å². The van der Waals surface area contributed by atoms with Crippen LogP contribution in [0, 0.1) is 0 Å². The quantitative estimate of drug-likeness (QED) is 0.801. The Bertz CT molecular complexity index is 308. The van der Waals surface area contributed by atoms with E-state index in [4.69, 9.17) is 0 Å². The zero-order chi connectivity index (χ0) is 10.7. The van der Waals surface area contributed by atoms with Crippen molar-refractivity contribution in [1.29, 1.82) is 0 Å². The summed E-state index contributed by atoms with van der Waals surface area (Å²) in [6, 6.07) is 4.43. The molecule has 1 saturated heterocycles. The molecule has 1 aromatic rings. The van der Waals surface area contributed by atoms with E-state index < -0.39 is 0 Å². The smallest absolute Gasteiger partial charge is 0.0233 e. The summed E-state index contributed by atoms with van der Waals surface area (Å²) in [5.74, 6) is 0. The first-order valence-electron chi connectivity index (χ1n) is 6.19. The van der Waals surface area contributed by atoms with Gasteiger partial charge in [0.2, 0.25) is 0 Å². The largest absolute Gasteiger partial charge is 0.352 e. The van der Waals surface area contributed by atoms with Crippen molar-refractivity contribution < 1.29 is 0 Å². The van der Waals surface area contributed by atoms with Gasteiger partial charge in [-0.3, -0.25) is 0 Å². The number of aryl methyl sites for hydroxylation is 1. The molecule has 2 nitrogen and oxygen atoms in total. The molecule has 0 aliphatic carbocycles. The van der Waals surface area contributed by atoms with E-state index in [1.54, 1.807) is 0 Å². The van der Waals surface area contributed by atoms with Crippen molar-refractivity contribution in [1.82, 2.24) is 9.88 Å². The molecule has 0 bridgehead atoms. The third-order valence-corrected chi connectivity index (χ3v) is 3.79. The summed E-state index contributed by atoms with van der Waals surface area (Å²) in [6.07, 6.45) is 7.28. The van der Waals surface area contributed by atoms with Crippen LogP contribution in [0.2, 0.25) is 0 Å². The number of hydrogen-bond donors (Lipinski definition) is 1. The van der Waals surface area contributed by atoms with Gasteiger partial charge in [0.05, 0.1) is 0 Å². The molecule has 0 radical (unpaired) electrons. The highest BCUT2D eigenvalue weighted by Crippen LogP contribution is 2.27. The number of aromatic nitrogens is 1. The second-order valence-corrected chi connectivity index (χ2v) is 4.63. The SMILES string of the molecule is CCn1cccc1CC1(CC)CCCN1. The fraction of sp³-hybridized carbons (Fsp3) is 0.692. The van der Waals surface area contributed by atoms with E-state index in [-0.39, 0.29) is 0 Å². The Morgan fingerprint density at radius 1 is 1.47 bits per heavy atom. The van der Waals surface area contributed by atoms with Crippen molar-refractivity contribution in [2.24, 2.45) is 0 Å². The van der Waals surface area contributed by atoms with Crippen molar-refractivity contribution in [3.63, 3.8) is 0 Å². The Morgan fingerprint density at radius 2 is 2.33 bits per heavy atom. The monoisotopic (exact) mass is 206 g/mol. The van der Waals surface area contributed by atoms with Gasteiger partial charge in [-0.2, -0.15) is 0 Å². The first-order chi connectivity index (χ1) is 7.29. The second-order valence-electron chi connectivity index (χ2n) is 4.63. The molecule has 0 saturated carbocycles. The van der Waals surface area contributed by atoms with Gasteiger partial charge in [0.15, 0.2) is 0 Å². The Hall–Kier alpha value is -0.760. The lowest BCUT2D eigenvalue weighted by molar-refractivity contribution is 0.352. The second kappa shape index (κ2) is 4.40. The van der Waals surface area contributed by atoms with E-state index in [9.17, 15) is 0 Å². The number of nitrogens with one attached hydrogen (secondary N) is 1. The summed E-state index contributed by atoms with van der Waals surface area (Å²) in [4.78, 5) is 0. The van der Waals surface area contributed by atoms with E-state index >= 15 is 0 Å². The van der Waals surface area contributed by atoms with Crippen molar-refractivity contribution in [3.05, 3.63) is 24.0 Å². The normalized spacial score (nSPS) is 26.0. The Labute approximate surface area is 92.7 Å². The Balaban J connectivity index is 2.12. The molecule has 2 heterocycles. The fourth-order valence-corrected chi connectivity index (χ4v) is 2.71. The first kappa shape index (κ1) is 10.7. The fourth-order valence-electron chi connectivity index (χ4n) is 2.71. The number of hydrogen-bond acceptors (Lipinski definition) is 1. The zero-order valence-corrected chi connectivity index (χ0v) is 9.92. The highest BCUT2D eigenvalue weighted by molar-refractivity contribution is 5.12. The van der Waals surface area contributed by atoms with Gasteiger partial charge in [0, 0.05) is 30.4 Å². The summed E-state index contributed by atoms with van der Waals surface area (Å²) < 4.78 is 2.36. The van der Waals surface area contributed by atoms with Crippen LogP contribution in [-0.4, -0.2) is 16.7 Å². The Kier molecular flexibility index (Phi) is 3.15. The topological polar surface area (TPSA) is 17.0 Å². The molecule has 1 aliphatic heterocycles. The molecule has 1 N–H and O–H groups in total. The maximum absolute atomic E-state index is 3.70. The van der Waals surface area contributed by atoms with Crippen LogP contribution in [0.4, 0.5) is 0 Å². The van der Waals surface area contributed by atoms with Gasteiger partial charge in [-0.05, 0) is 44.9 Å². The first-order valence-corrected chi connectivity index (χ1v) is 6.19. The van der Waals surface area contributed by atoms with Gasteiger partial charge in [0.25, 0.3) is 0 Å². The lowest BCUT2D eigenvalue weighted by Gasteiger charge is -2.28. The maximum Gasteiger partial charge on any atom is 0.0233 e. The molecule has 0 spiro atoms. The van der Waals surface area contributed by atoms with Gasteiger partial charge in [0.1, 0.15) is 0 Å². The van der Waals surface area contributed by atoms with Crippen LogP contribution in [0.1, 0.15) is 38.8 Å². The minimum atomic E-state index is 0.380. The maximum atomic E-state index is 3.70. The van der Waals surface area contributed by atoms with Gasteiger partial charge in [-0.25, -0.2) is 0 Å². The van der Waals surface area contributed by atoms with E-state index in [1.165, 1.54) is 37.9 Å². The average Bonchev–Trinajstić information content (AvgIpc) is 2.88. The molecule has 1 fully saturated rings. The molecule has 1 unspecified atom stereocenters. The molecule has 1 atom stereocenters. The molecule has 15 heavy (non-hydrogen) atoms. The van der Waals surface area contributed by atoms with E-state index in [2.05, 4.69) is 42.1 Å². The summed E-state index contributed by atoms with van der Waals surface area (Å²) >= 11 is 0. The molecular weight excluding hydrogens is 184 g/mol. The predicted octanol–water partition coefficient (Wildman–Crippen LogP) is 2.58. The van der Waals surface area contributed by atoms with Gasteiger partial charge >= 0.3 is 0 Å². The molecule has 2 rings (SSSR count). The van der Waals surface area contributed by atoms with Crippen LogP contribution < -0.4 is 5.32 Å². The lowest BCUT2D eigenvalue weighted by Crippen LogP contribution is -2.41. The van der Waals surface area contributed by atoms with Crippen molar-refractivity contribution in [2.45, 2.75) is 51.6 Å². The number of nitrogens with zero attached hydrogens (tertiary/aromatic N) is 1. The highest BCUT2D eigenvalue weighted by Gasteiger charge is 2.32.